The summed E-state index contributed by atoms with van der Waals surface area (Å²) < 4.78 is 5.37. The highest BCUT2D eigenvalue weighted by Gasteiger charge is 2.29. The third-order valence-corrected chi connectivity index (χ3v) is 4.40. The number of carbonyl (C=O) groups excluding carboxylic acids is 1. The van der Waals surface area contributed by atoms with E-state index < -0.39 is 0 Å². The van der Waals surface area contributed by atoms with E-state index in [9.17, 15) is 4.79 Å². The van der Waals surface area contributed by atoms with E-state index in [4.69, 9.17) is 16.3 Å². The molecule has 1 aliphatic rings. The van der Waals surface area contributed by atoms with Gasteiger partial charge in [-0.15, -0.1) is 0 Å². The molecule has 1 saturated carbocycles. The molecule has 3 rings (SSSR count). The van der Waals surface area contributed by atoms with Crippen LogP contribution in [-0.2, 0) is 11.3 Å². The number of rotatable bonds is 6. The van der Waals surface area contributed by atoms with Gasteiger partial charge in [-0.05, 0) is 55.7 Å². The molecule has 1 fully saturated rings. The van der Waals surface area contributed by atoms with Crippen molar-refractivity contribution in [2.24, 2.45) is 5.92 Å². The summed E-state index contributed by atoms with van der Waals surface area (Å²) in [6, 6.07) is 11.5. The largest absolute Gasteiger partial charge is 0.496 e. The molecule has 4 nitrogen and oxygen atoms in total. The van der Waals surface area contributed by atoms with Crippen LogP contribution in [0.4, 0.5) is 11.4 Å². The smallest absolute Gasteiger partial charge is 0.227 e. The Labute approximate surface area is 147 Å². The van der Waals surface area contributed by atoms with Gasteiger partial charge in [0.2, 0.25) is 5.91 Å². The lowest BCUT2D eigenvalue weighted by Gasteiger charge is -2.14. The molecule has 5 heteroatoms. The normalized spacial score (nSPS) is 13.5. The number of anilines is 2. The highest BCUT2D eigenvalue weighted by Crippen LogP contribution is 2.31. The van der Waals surface area contributed by atoms with E-state index in [1.807, 2.05) is 43.3 Å². The second-order valence-electron chi connectivity index (χ2n) is 6.10. The molecule has 0 aromatic heterocycles. The molecule has 0 aliphatic heterocycles. The number of benzene rings is 2. The second-order valence-corrected chi connectivity index (χ2v) is 6.54. The highest BCUT2D eigenvalue weighted by molar-refractivity contribution is 6.30. The van der Waals surface area contributed by atoms with Gasteiger partial charge in [0.25, 0.3) is 0 Å². The Morgan fingerprint density at radius 3 is 2.75 bits per heavy atom. The molecular formula is C19H21ClN2O2. The van der Waals surface area contributed by atoms with Crippen molar-refractivity contribution in [2.75, 3.05) is 17.7 Å². The molecule has 0 atom stereocenters. The molecule has 0 bridgehead atoms. The highest BCUT2D eigenvalue weighted by atomic mass is 35.5. The summed E-state index contributed by atoms with van der Waals surface area (Å²) in [6.45, 7) is 2.62. The molecule has 1 amide bonds. The average Bonchev–Trinajstić information content (AvgIpc) is 3.40. The van der Waals surface area contributed by atoms with Crippen LogP contribution in [0.1, 0.15) is 24.0 Å². The molecule has 0 radical (unpaired) electrons. The van der Waals surface area contributed by atoms with Crippen LogP contribution < -0.4 is 15.4 Å². The molecule has 0 saturated heterocycles. The van der Waals surface area contributed by atoms with Gasteiger partial charge in [0.15, 0.2) is 0 Å². The first kappa shape index (κ1) is 16.7. The Hall–Kier alpha value is -2.20. The van der Waals surface area contributed by atoms with Gasteiger partial charge >= 0.3 is 0 Å². The van der Waals surface area contributed by atoms with Crippen molar-refractivity contribution in [3.63, 3.8) is 0 Å². The van der Waals surface area contributed by atoms with Crippen LogP contribution >= 0.6 is 11.6 Å². The van der Waals surface area contributed by atoms with Crippen molar-refractivity contribution in [3.8, 4) is 5.75 Å². The van der Waals surface area contributed by atoms with Crippen LogP contribution in [0, 0.1) is 12.8 Å². The maximum atomic E-state index is 11.9. The summed E-state index contributed by atoms with van der Waals surface area (Å²) in [5.74, 6) is 1.10. The number of ether oxygens (including phenoxy) is 1. The predicted octanol–water partition coefficient (Wildman–Crippen LogP) is 4.62. The zero-order chi connectivity index (χ0) is 17.1. The van der Waals surface area contributed by atoms with Crippen molar-refractivity contribution in [3.05, 3.63) is 52.5 Å². The zero-order valence-electron chi connectivity index (χ0n) is 13.9. The third-order valence-electron chi connectivity index (χ3n) is 4.16. The lowest BCUT2D eigenvalue weighted by atomic mass is 10.1. The van der Waals surface area contributed by atoms with E-state index in [-0.39, 0.29) is 11.8 Å². The van der Waals surface area contributed by atoms with E-state index in [0.29, 0.717) is 11.6 Å². The number of hydrogen-bond acceptors (Lipinski definition) is 3. The summed E-state index contributed by atoms with van der Waals surface area (Å²) in [5.41, 5.74) is 3.89. The minimum absolute atomic E-state index is 0.112. The molecule has 0 spiro atoms. The SMILES string of the molecule is COc1ccc(Cl)cc1CNc1cc(NC(=O)C2CC2)ccc1C. The van der Waals surface area contributed by atoms with E-state index in [1.54, 1.807) is 7.11 Å². The number of amides is 1. The van der Waals surface area contributed by atoms with Crippen LogP contribution in [0.2, 0.25) is 5.02 Å². The number of carbonyl (C=O) groups is 1. The number of aryl methyl sites for hydroxylation is 1. The fourth-order valence-electron chi connectivity index (χ4n) is 2.56. The second kappa shape index (κ2) is 7.14. The van der Waals surface area contributed by atoms with Crippen LogP contribution in [0.25, 0.3) is 0 Å². The molecule has 2 aromatic carbocycles. The molecule has 2 aromatic rings. The third kappa shape index (κ3) is 4.01. The number of nitrogens with one attached hydrogen (secondary N) is 2. The van der Waals surface area contributed by atoms with Crippen molar-refractivity contribution >= 4 is 28.9 Å². The monoisotopic (exact) mass is 344 g/mol. The van der Waals surface area contributed by atoms with Crippen LogP contribution in [0.15, 0.2) is 36.4 Å². The predicted molar refractivity (Wildman–Crippen MR) is 97.9 cm³/mol. The van der Waals surface area contributed by atoms with Crippen molar-refractivity contribution < 1.29 is 9.53 Å². The van der Waals surface area contributed by atoms with Gasteiger partial charge < -0.3 is 15.4 Å². The van der Waals surface area contributed by atoms with Crippen molar-refractivity contribution in [2.45, 2.75) is 26.3 Å². The van der Waals surface area contributed by atoms with Crippen molar-refractivity contribution in [1.29, 1.82) is 0 Å². The number of hydrogen-bond donors (Lipinski definition) is 2. The molecule has 1 aliphatic carbocycles. The maximum Gasteiger partial charge on any atom is 0.227 e. The number of methoxy groups -OCH3 is 1. The Kier molecular flexibility index (Phi) is 4.95. The average molecular weight is 345 g/mol. The Morgan fingerprint density at radius 1 is 1.25 bits per heavy atom. The summed E-state index contributed by atoms with van der Waals surface area (Å²) >= 11 is 6.07. The van der Waals surface area contributed by atoms with E-state index in [2.05, 4.69) is 10.6 Å². The lowest BCUT2D eigenvalue weighted by molar-refractivity contribution is -0.117. The molecule has 0 heterocycles. The molecule has 126 valence electrons. The standard InChI is InChI=1S/C19H21ClN2O2/c1-12-3-7-16(22-19(23)13-4-5-13)10-17(12)21-11-14-9-15(20)6-8-18(14)24-2/h3,6-10,13,21H,4-5,11H2,1-2H3,(H,22,23). The van der Waals surface area contributed by atoms with Gasteiger partial charge in [0.1, 0.15) is 5.75 Å². The van der Waals surface area contributed by atoms with Crippen LogP contribution in [0.3, 0.4) is 0 Å². The Bertz CT molecular complexity index is 757. The first-order chi connectivity index (χ1) is 11.6. The summed E-state index contributed by atoms with van der Waals surface area (Å²) in [5, 5.41) is 7.05. The number of halogens is 1. The van der Waals surface area contributed by atoms with E-state index >= 15 is 0 Å². The summed E-state index contributed by atoms with van der Waals surface area (Å²) in [7, 11) is 1.64. The van der Waals surface area contributed by atoms with Gasteiger partial charge in [-0.1, -0.05) is 17.7 Å². The van der Waals surface area contributed by atoms with Gasteiger partial charge in [0.05, 0.1) is 7.11 Å². The van der Waals surface area contributed by atoms with Gasteiger partial charge in [-0.25, -0.2) is 0 Å². The molecule has 2 N–H and O–H groups in total. The fraction of sp³-hybridized carbons (Fsp3) is 0.316. The van der Waals surface area contributed by atoms with E-state index in [0.717, 1.165) is 41.1 Å². The molecule has 0 unspecified atom stereocenters. The maximum absolute atomic E-state index is 11.9. The molecule has 24 heavy (non-hydrogen) atoms. The fourth-order valence-corrected chi connectivity index (χ4v) is 2.75. The minimum atomic E-state index is 0.112. The van der Waals surface area contributed by atoms with Crippen LogP contribution in [0.5, 0.6) is 5.75 Å². The summed E-state index contributed by atoms with van der Waals surface area (Å²) in [4.78, 5) is 11.9. The first-order valence-electron chi connectivity index (χ1n) is 8.04. The van der Waals surface area contributed by atoms with Gasteiger partial charge in [-0.3, -0.25) is 4.79 Å². The van der Waals surface area contributed by atoms with Crippen LogP contribution in [-0.4, -0.2) is 13.0 Å². The van der Waals surface area contributed by atoms with Gasteiger partial charge in [-0.2, -0.15) is 0 Å². The quantitative estimate of drug-likeness (QED) is 0.804. The first-order valence-corrected chi connectivity index (χ1v) is 8.42. The summed E-state index contributed by atoms with van der Waals surface area (Å²) in [6.07, 6.45) is 1.99. The molecular weight excluding hydrogens is 324 g/mol. The lowest BCUT2D eigenvalue weighted by Crippen LogP contribution is -2.13. The Balaban J connectivity index is 1.72. The van der Waals surface area contributed by atoms with Crippen molar-refractivity contribution in [1.82, 2.24) is 0 Å². The van der Waals surface area contributed by atoms with Gasteiger partial charge in [0, 0.05) is 34.4 Å². The Morgan fingerprint density at radius 2 is 2.04 bits per heavy atom. The zero-order valence-corrected chi connectivity index (χ0v) is 14.6. The topological polar surface area (TPSA) is 50.4 Å². The minimum Gasteiger partial charge on any atom is -0.496 e. The van der Waals surface area contributed by atoms with E-state index in [1.165, 1.54) is 0 Å².